The summed E-state index contributed by atoms with van der Waals surface area (Å²) in [7, 11) is -2.66. The predicted molar refractivity (Wildman–Crippen MR) is 118 cm³/mol. The minimum absolute atomic E-state index is 0.104. The Hall–Kier alpha value is -3.66. The van der Waals surface area contributed by atoms with E-state index in [4.69, 9.17) is 4.74 Å². The molecule has 0 fully saturated rings. The number of rotatable bonds is 5. The lowest BCUT2D eigenvalue weighted by atomic mass is 10.1. The summed E-state index contributed by atoms with van der Waals surface area (Å²) in [5.74, 6) is -0.265. The van der Waals surface area contributed by atoms with Crippen molar-refractivity contribution >= 4 is 21.6 Å². The maximum atomic E-state index is 13.1. The highest BCUT2D eigenvalue weighted by molar-refractivity contribution is 7.92. The van der Waals surface area contributed by atoms with Gasteiger partial charge in [-0.2, -0.15) is 0 Å². The molecule has 1 aliphatic heterocycles. The van der Waals surface area contributed by atoms with Crippen LogP contribution in [0.2, 0.25) is 0 Å². The number of hydrogen-bond donors (Lipinski definition) is 2. The average Bonchev–Trinajstić information content (AvgIpc) is 2.79. The first-order chi connectivity index (χ1) is 15.3. The fourth-order valence-corrected chi connectivity index (χ4v) is 4.82. The van der Waals surface area contributed by atoms with Gasteiger partial charge >= 0.3 is 0 Å². The van der Waals surface area contributed by atoms with Gasteiger partial charge in [0.05, 0.1) is 31.2 Å². The number of fused-ring (bicyclic) bond motifs is 1. The summed E-state index contributed by atoms with van der Waals surface area (Å²) in [4.78, 5) is 33.3. The zero-order chi connectivity index (χ0) is 22.9. The molecule has 1 aromatic heterocycles. The number of H-pyrrole nitrogens is 1. The van der Waals surface area contributed by atoms with Crippen LogP contribution in [0.3, 0.4) is 0 Å². The van der Waals surface area contributed by atoms with E-state index in [1.807, 2.05) is 6.92 Å². The van der Waals surface area contributed by atoms with Gasteiger partial charge in [-0.15, -0.1) is 0 Å². The zero-order valence-electron chi connectivity index (χ0n) is 17.6. The number of carbonyl (C=O) groups excluding carboxylic acids is 1. The van der Waals surface area contributed by atoms with Crippen LogP contribution >= 0.6 is 0 Å². The van der Waals surface area contributed by atoms with Crippen LogP contribution in [0.15, 0.2) is 58.5 Å². The Kier molecular flexibility index (Phi) is 5.70. The van der Waals surface area contributed by atoms with Crippen molar-refractivity contribution in [1.29, 1.82) is 0 Å². The molecule has 0 saturated carbocycles. The summed E-state index contributed by atoms with van der Waals surface area (Å²) in [6.45, 7) is 2.38. The van der Waals surface area contributed by atoms with Gasteiger partial charge in [0, 0.05) is 24.2 Å². The number of nitrogens with zero attached hydrogens (tertiary/aromatic N) is 2. The summed E-state index contributed by atoms with van der Waals surface area (Å²) in [5, 5.41) is 0. The molecule has 0 aliphatic carbocycles. The van der Waals surface area contributed by atoms with E-state index in [2.05, 4.69) is 14.7 Å². The second-order valence-electron chi connectivity index (χ2n) is 7.47. The molecule has 9 nitrogen and oxygen atoms in total. The SMILES string of the molecule is COc1ccc(C(=O)N2CCc3nc[nH]c(=O)c3C2)cc1S(=O)(=O)Nc1ccc(C)cc1. The number of sulfonamides is 1. The van der Waals surface area contributed by atoms with Gasteiger partial charge in [-0.25, -0.2) is 13.4 Å². The summed E-state index contributed by atoms with van der Waals surface area (Å²) < 4.78 is 33.9. The highest BCUT2D eigenvalue weighted by Crippen LogP contribution is 2.28. The Morgan fingerprint density at radius 1 is 1.19 bits per heavy atom. The zero-order valence-corrected chi connectivity index (χ0v) is 18.4. The highest BCUT2D eigenvalue weighted by atomic mass is 32.2. The van der Waals surface area contributed by atoms with E-state index in [-0.39, 0.29) is 34.2 Å². The van der Waals surface area contributed by atoms with Crippen molar-refractivity contribution in [3.8, 4) is 5.75 Å². The predicted octanol–water partition coefficient (Wildman–Crippen LogP) is 2.09. The minimum Gasteiger partial charge on any atom is -0.495 e. The Balaban J connectivity index is 1.64. The van der Waals surface area contributed by atoms with E-state index in [1.54, 1.807) is 24.3 Å². The molecule has 10 heteroatoms. The van der Waals surface area contributed by atoms with Crippen molar-refractivity contribution in [2.45, 2.75) is 24.8 Å². The number of anilines is 1. The maximum absolute atomic E-state index is 13.1. The Morgan fingerprint density at radius 2 is 1.94 bits per heavy atom. The van der Waals surface area contributed by atoms with Crippen molar-refractivity contribution in [3.63, 3.8) is 0 Å². The molecule has 1 amide bonds. The molecule has 32 heavy (non-hydrogen) atoms. The van der Waals surface area contributed by atoms with E-state index in [0.717, 1.165) is 5.56 Å². The van der Waals surface area contributed by atoms with Gasteiger partial charge in [-0.3, -0.25) is 14.3 Å². The van der Waals surface area contributed by atoms with Gasteiger partial charge in [-0.1, -0.05) is 17.7 Å². The molecule has 1 aliphatic rings. The molecule has 0 spiro atoms. The number of hydrogen-bond acceptors (Lipinski definition) is 6. The number of carbonyl (C=O) groups is 1. The van der Waals surface area contributed by atoms with Gasteiger partial charge in [0.2, 0.25) is 0 Å². The number of aromatic amines is 1. The van der Waals surface area contributed by atoms with Crippen LogP contribution in [0.5, 0.6) is 5.75 Å². The largest absolute Gasteiger partial charge is 0.495 e. The summed E-state index contributed by atoms with van der Waals surface area (Å²) in [6.07, 6.45) is 1.79. The molecule has 0 radical (unpaired) electrons. The fourth-order valence-electron chi connectivity index (χ4n) is 3.56. The summed E-state index contributed by atoms with van der Waals surface area (Å²) >= 11 is 0. The lowest BCUT2D eigenvalue weighted by Crippen LogP contribution is -2.39. The van der Waals surface area contributed by atoms with Gasteiger partial charge in [0.15, 0.2) is 0 Å². The molecular formula is C22H22N4O5S. The minimum atomic E-state index is -4.02. The van der Waals surface area contributed by atoms with Crippen molar-refractivity contribution in [2.24, 2.45) is 0 Å². The standard InChI is InChI=1S/C22H22N4O5S/c1-14-3-6-16(7-4-14)25-32(29,30)20-11-15(5-8-19(20)31-2)22(28)26-10-9-18-17(12-26)21(27)24-13-23-18/h3-8,11,13,25H,9-10,12H2,1-2H3,(H,23,24,27). The van der Waals surface area contributed by atoms with Crippen LogP contribution in [0.1, 0.15) is 27.2 Å². The van der Waals surface area contributed by atoms with E-state index in [9.17, 15) is 18.0 Å². The highest BCUT2D eigenvalue weighted by Gasteiger charge is 2.27. The molecule has 0 atom stereocenters. The van der Waals surface area contributed by atoms with Crippen LogP contribution in [0, 0.1) is 6.92 Å². The molecular weight excluding hydrogens is 432 g/mol. The van der Waals surface area contributed by atoms with Crippen LogP contribution in [-0.4, -0.2) is 42.8 Å². The number of ether oxygens (including phenoxy) is 1. The average molecular weight is 455 g/mol. The van der Waals surface area contributed by atoms with E-state index < -0.39 is 10.0 Å². The molecule has 0 unspecified atom stereocenters. The lowest BCUT2D eigenvalue weighted by molar-refractivity contribution is 0.0732. The third-order valence-corrected chi connectivity index (χ3v) is 6.70. The van der Waals surface area contributed by atoms with Crippen LogP contribution < -0.4 is 15.0 Å². The summed E-state index contributed by atoms with van der Waals surface area (Å²) in [5.41, 5.74) is 2.39. The van der Waals surface area contributed by atoms with Gasteiger partial charge in [0.1, 0.15) is 10.6 Å². The molecule has 0 bridgehead atoms. The molecule has 2 N–H and O–H groups in total. The number of aryl methyl sites for hydroxylation is 1. The smallest absolute Gasteiger partial charge is 0.265 e. The number of aromatic nitrogens is 2. The first-order valence-electron chi connectivity index (χ1n) is 9.91. The van der Waals surface area contributed by atoms with Gasteiger partial charge in [0.25, 0.3) is 21.5 Å². The quantitative estimate of drug-likeness (QED) is 0.609. The van der Waals surface area contributed by atoms with E-state index in [0.29, 0.717) is 29.9 Å². The summed E-state index contributed by atoms with van der Waals surface area (Å²) in [6, 6.07) is 11.1. The molecule has 0 saturated heterocycles. The number of nitrogens with one attached hydrogen (secondary N) is 2. The monoisotopic (exact) mass is 454 g/mol. The number of amides is 1. The van der Waals surface area contributed by atoms with Crippen LogP contribution in [0.4, 0.5) is 5.69 Å². The van der Waals surface area contributed by atoms with Crippen molar-refractivity contribution in [1.82, 2.24) is 14.9 Å². The third kappa shape index (κ3) is 4.22. The molecule has 2 aromatic carbocycles. The number of benzene rings is 2. The third-order valence-electron chi connectivity index (χ3n) is 5.30. The fraction of sp³-hybridized carbons (Fsp3) is 0.227. The normalized spacial score (nSPS) is 13.4. The topological polar surface area (TPSA) is 121 Å². The van der Waals surface area contributed by atoms with Gasteiger partial charge in [-0.05, 0) is 37.3 Å². The Bertz CT molecular complexity index is 1330. The van der Waals surface area contributed by atoms with Gasteiger partial charge < -0.3 is 14.6 Å². The van der Waals surface area contributed by atoms with Crippen LogP contribution in [-0.2, 0) is 23.0 Å². The second kappa shape index (κ2) is 8.46. The molecule has 166 valence electrons. The Morgan fingerprint density at radius 3 is 2.66 bits per heavy atom. The van der Waals surface area contributed by atoms with Crippen molar-refractivity contribution in [2.75, 3.05) is 18.4 Å². The first kappa shape index (κ1) is 21.6. The lowest BCUT2D eigenvalue weighted by Gasteiger charge is -2.27. The molecule has 3 aromatic rings. The van der Waals surface area contributed by atoms with E-state index in [1.165, 1.54) is 36.5 Å². The first-order valence-corrected chi connectivity index (χ1v) is 11.4. The van der Waals surface area contributed by atoms with Crippen molar-refractivity contribution in [3.05, 3.63) is 81.5 Å². The number of methoxy groups -OCH3 is 1. The van der Waals surface area contributed by atoms with Crippen molar-refractivity contribution < 1.29 is 17.9 Å². The van der Waals surface area contributed by atoms with E-state index >= 15 is 0 Å². The second-order valence-corrected chi connectivity index (χ2v) is 9.12. The molecule has 4 rings (SSSR count). The Labute approximate surface area is 185 Å². The van der Waals surface area contributed by atoms with Crippen LogP contribution in [0.25, 0.3) is 0 Å². The molecule has 2 heterocycles. The maximum Gasteiger partial charge on any atom is 0.265 e.